The largest absolute Gasteiger partial charge is 0.573 e. The third-order valence-electron chi connectivity index (χ3n) is 4.62. The first-order valence-electron chi connectivity index (χ1n) is 9.84. The van der Waals surface area contributed by atoms with Gasteiger partial charge >= 0.3 is 12.5 Å². The van der Waals surface area contributed by atoms with Crippen molar-refractivity contribution >= 4 is 17.3 Å². The number of carbonyl (C=O) groups excluding carboxylic acids is 1. The van der Waals surface area contributed by atoms with E-state index in [-0.39, 0.29) is 24.1 Å². The number of oxime groups is 2. The number of nitrogens with zero attached hydrogens (tertiary/aromatic N) is 2. The van der Waals surface area contributed by atoms with E-state index in [1.807, 2.05) is 0 Å². The Hall–Kier alpha value is -3.77. The highest BCUT2D eigenvalue weighted by molar-refractivity contribution is 6.45. The van der Waals surface area contributed by atoms with Crippen LogP contribution in [0.1, 0.15) is 34.7 Å². The van der Waals surface area contributed by atoms with Crippen LogP contribution in [0, 0.1) is 6.92 Å². The van der Waals surface area contributed by atoms with E-state index in [1.54, 1.807) is 25.1 Å². The van der Waals surface area contributed by atoms with Gasteiger partial charge in [0.15, 0.2) is 5.71 Å². The van der Waals surface area contributed by atoms with E-state index in [0.29, 0.717) is 16.7 Å². The summed E-state index contributed by atoms with van der Waals surface area (Å²) in [5.74, 6) is -1.57. The van der Waals surface area contributed by atoms with Gasteiger partial charge in [-0.3, -0.25) is 4.79 Å². The van der Waals surface area contributed by atoms with Gasteiger partial charge in [-0.25, -0.2) is 0 Å². The second-order valence-electron chi connectivity index (χ2n) is 7.01. The molecule has 7 nitrogen and oxygen atoms in total. The molecule has 0 fully saturated rings. The molecular formula is C22H21F6N3O4. The standard InChI is InChI=1S/C22H21F6N3O4/c1-12-6-5-7-16(19(31-33-4)20(32)29-3)17(12)11-34-30-13(2)15-9-8-14(35-22(26,27)28)10-18(15)21(23,24)25/h5-10H,11H2,1-4H3,(H,29,32)/b30-13+,31-19+. The summed E-state index contributed by atoms with van der Waals surface area (Å²) in [4.78, 5) is 22.2. The fourth-order valence-electron chi connectivity index (χ4n) is 3.05. The summed E-state index contributed by atoms with van der Waals surface area (Å²) in [6.07, 6.45) is -10.1. The maximum absolute atomic E-state index is 13.5. The Morgan fingerprint density at radius 2 is 1.71 bits per heavy atom. The lowest BCUT2D eigenvalue weighted by molar-refractivity contribution is -0.274. The summed E-state index contributed by atoms with van der Waals surface area (Å²) in [7, 11) is 2.65. The number of rotatable bonds is 8. The molecule has 2 aromatic rings. The zero-order valence-electron chi connectivity index (χ0n) is 19.0. The molecule has 0 atom stereocenters. The number of likely N-dealkylation sites (N-methyl/N-ethyl adjacent to an activating group) is 1. The van der Waals surface area contributed by atoms with Crippen LogP contribution in [0.3, 0.4) is 0 Å². The van der Waals surface area contributed by atoms with Crippen LogP contribution in [0.25, 0.3) is 0 Å². The molecule has 0 aromatic heterocycles. The molecular weight excluding hydrogens is 484 g/mol. The van der Waals surface area contributed by atoms with Crippen molar-refractivity contribution in [3.63, 3.8) is 0 Å². The summed E-state index contributed by atoms with van der Waals surface area (Å²) >= 11 is 0. The predicted molar refractivity (Wildman–Crippen MR) is 114 cm³/mol. The number of amides is 1. The van der Waals surface area contributed by atoms with E-state index in [1.165, 1.54) is 21.1 Å². The molecule has 0 aliphatic rings. The molecule has 13 heteroatoms. The van der Waals surface area contributed by atoms with E-state index >= 15 is 0 Å². The zero-order valence-corrected chi connectivity index (χ0v) is 19.0. The second-order valence-corrected chi connectivity index (χ2v) is 7.01. The van der Waals surface area contributed by atoms with Crippen LogP contribution in [0.2, 0.25) is 0 Å². The lowest BCUT2D eigenvalue weighted by atomic mass is 9.98. The van der Waals surface area contributed by atoms with Crippen LogP contribution in [0.4, 0.5) is 26.3 Å². The molecule has 1 amide bonds. The predicted octanol–water partition coefficient (Wildman–Crippen LogP) is 4.95. The molecule has 0 aliphatic carbocycles. The summed E-state index contributed by atoms with van der Waals surface area (Å²) in [5.41, 5.74) is -0.690. The molecule has 0 aliphatic heterocycles. The molecule has 0 heterocycles. The molecule has 35 heavy (non-hydrogen) atoms. The van der Waals surface area contributed by atoms with Crippen LogP contribution in [0.5, 0.6) is 5.75 Å². The monoisotopic (exact) mass is 505 g/mol. The third kappa shape index (κ3) is 7.36. The maximum atomic E-state index is 13.5. The van der Waals surface area contributed by atoms with Gasteiger partial charge < -0.3 is 19.7 Å². The number of hydrogen-bond donors (Lipinski definition) is 1. The van der Waals surface area contributed by atoms with Crippen molar-refractivity contribution in [1.82, 2.24) is 5.32 Å². The van der Waals surface area contributed by atoms with E-state index in [9.17, 15) is 31.1 Å². The lowest BCUT2D eigenvalue weighted by Gasteiger charge is -2.16. The molecule has 2 rings (SSSR count). The van der Waals surface area contributed by atoms with E-state index < -0.39 is 35.3 Å². The smallest absolute Gasteiger partial charge is 0.406 e. The van der Waals surface area contributed by atoms with E-state index in [0.717, 1.165) is 12.1 Å². The molecule has 0 bridgehead atoms. The molecule has 0 spiro atoms. The number of ether oxygens (including phenoxy) is 1. The molecule has 0 unspecified atom stereocenters. The highest BCUT2D eigenvalue weighted by atomic mass is 19.4. The van der Waals surface area contributed by atoms with Gasteiger partial charge in [-0.15, -0.1) is 13.2 Å². The van der Waals surface area contributed by atoms with Gasteiger partial charge in [0.25, 0.3) is 5.91 Å². The van der Waals surface area contributed by atoms with Crippen molar-refractivity contribution in [1.29, 1.82) is 0 Å². The Morgan fingerprint density at radius 1 is 1.03 bits per heavy atom. The Morgan fingerprint density at radius 3 is 2.29 bits per heavy atom. The Bertz CT molecular complexity index is 1130. The zero-order chi connectivity index (χ0) is 26.4. The van der Waals surface area contributed by atoms with Crippen LogP contribution in [-0.4, -0.2) is 37.9 Å². The summed E-state index contributed by atoms with van der Waals surface area (Å²) in [5, 5.41) is 9.85. The normalized spacial score (nSPS) is 12.9. The highest BCUT2D eigenvalue weighted by Gasteiger charge is 2.37. The van der Waals surface area contributed by atoms with Gasteiger partial charge in [0, 0.05) is 23.7 Å². The number of benzene rings is 2. The van der Waals surface area contributed by atoms with Gasteiger partial charge in [0.1, 0.15) is 19.5 Å². The van der Waals surface area contributed by atoms with Crippen LogP contribution in [-0.2, 0) is 27.3 Å². The molecule has 0 radical (unpaired) electrons. The fraction of sp³-hybridized carbons (Fsp3) is 0.318. The minimum atomic E-state index is -5.15. The number of hydrogen-bond acceptors (Lipinski definition) is 6. The van der Waals surface area contributed by atoms with Gasteiger partial charge in [-0.2, -0.15) is 13.2 Å². The first-order valence-corrected chi connectivity index (χ1v) is 9.84. The minimum Gasteiger partial charge on any atom is -0.406 e. The highest BCUT2D eigenvalue weighted by Crippen LogP contribution is 2.36. The van der Waals surface area contributed by atoms with E-state index in [2.05, 4.69) is 20.4 Å². The van der Waals surface area contributed by atoms with Crippen molar-refractivity contribution in [2.45, 2.75) is 33.0 Å². The second kappa shape index (κ2) is 11.1. The van der Waals surface area contributed by atoms with Gasteiger partial charge in [0.2, 0.25) is 0 Å². The average Bonchev–Trinajstić information content (AvgIpc) is 2.76. The number of alkyl halides is 6. The van der Waals surface area contributed by atoms with Crippen molar-refractivity contribution < 1.29 is 45.5 Å². The van der Waals surface area contributed by atoms with Crippen molar-refractivity contribution in [2.24, 2.45) is 10.3 Å². The maximum Gasteiger partial charge on any atom is 0.573 e. The fourth-order valence-corrected chi connectivity index (χ4v) is 3.05. The molecule has 2 aromatic carbocycles. The molecule has 0 saturated heterocycles. The Labute approximate surface area is 196 Å². The first kappa shape index (κ1) is 27.5. The summed E-state index contributed by atoms with van der Waals surface area (Å²) < 4.78 is 81.3. The van der Waals surface area contributed by atoms with Crippen LogP contribution in [0.15, 0.2) is 46.7 Å². The first-order chi connectivity index (χ1) is 16.3. The van der Waals surface area contributed by atoms with E-state index in [4.69, 9.17) is 9.68 Å². The Balaban J connectivity index is 2.38. The van der Waals surface area contributed by atoms with Crippen molar-refractivity contribution in [3.05, 3.63) is 64.2 Å². The SMILES string of the molecule is CNC(=O)/C(=N/OC)c1cccc(C)c1CO/N=C(\C)c1ccc(OC(F)(F)F)cc1C(F)(F)F. The minimum absolute atomic E-state index is 0.0578. The number of carbonyl (C=O) groups is 1. The topological polar surface area (TPSA) is 81.5 Å². The van der Waals surface area contributed by atoms with Gasteiger partial charge in [0.05, 0.1) is 11.3 Å². The third-order valence-corrected chi connectivity index (χ3v) is 4.62. The van der Waals surface area contributed by atoms with Crippen LogP contribution < -0.4 is 10.1 Å². The van der Waals surface area contributed by atoms with Crippen molar-refractivity contribution in [3.8, 4) is 5.75 Å². The van der Waals surface area contributed by atoms with Gasteiger partial charge in [-0.05, 0) is 37.6 Å². The Kier molecular flexibility index (Phi) is 8.72. The van der Waals surface area contributed by atoms with Crippen LogP contribution >= 0.6 is 0 Å². The molecule has 0 saturated carbocycles. The molecule has 1 N–H and O–H groups in total. The average molecular weight is 505 g/mol. The summed E-state index contributed by atoms with van der Waals surface area (Å²) in [6.45, 7) is 2.67. The quantitative estimate of drug-likeness (QED) is 0.313. The summed E-state index contributed by atoms with van der Waals surface area (Å²) in [6, 6.07) is 6.74. The number of aryl methyl sites for hydroxylation is 1. The van der Waals surface area contributed by atoms with Crippen molar-refractivity contribution in [2.75, 3.05) is 14.2 Å². The lowest BCUT2D eigenvalue weighted by Crippen LogP contribution is -2.29. The number of halogens is 6. The number of nitrogens with one attached hydrogen (secondary N) is 1. The van der Waals surface area contributed by atoms with Gasteiger partial charge in [-0.1, -0.05) is 28.5 Å². The molecule has 190 valence electrons.